The van der Waals surface area contributed by atoms with Crippen molar-refractivity contribution in [1.82, 2.24) is 13.9 Å². The topological polar surface area (TPSA) is 76.5 Å². The molecule has 1 fully saturated rings. The summed E-state index contributed by atoms with van der Waals surface area (Å²) >= 11 is 6.06. The summed E-state index contributed by atoms with van der Waals surface area (Å²) in [6, 6.07) is 7.19. The molecule has 0 saturated carbocycles. The fourth-order valence-electron chi connectivity index (χ4n) is 3.01. The van der Waals surface area contributed by atoms with Crippen LogP contribution in [0.5, 0.6) is 0 Å². The van der Waals surface area contributed by atoms with E-state index in [-0.39, 0.29) is 23.7 Å². The highest BCUT2D eigenvalue weighted by Crippen LogP contribution is 2.25. The first-order valence-corrected chi connectivity index (χ1v) is 10.7. The van der Waals surface area contributed by atoms with E-state index in [0.29, 0.717) is 24.1 Å². The number of imidazole rings is 1. The number of rotatable bonds is 7. The molecule has 1 aliphatic heterocycles. The van der Waals surface area contributed by atoms with Gasteiger partial charge in [0.2, 0.25) is 0 Å². The summed E-state index contributed by atoms with van der Waals surface area (Å²) in [6.07, 6.45) is 2.74. The predicted molar refractivity (Wildman–Crippen MR) is 105 cm³/mol. The number of anilines is 1. The van der Waals surface area contributed by atoms with Crippen LogP contribution in [0.1, 0.15) is 13.8 Å². The molecule has 7 nitrogen and oxygen atoms in total. The molecule has 0 bridgehead atoms. The van der Waals surface area contributed by atoms with Gasteiger partial charge in [0.15, 0.2) is 5.03 Å². The van der Waals surface area contributed by atoms with Crippen LogP contribution in [-0.4, -0.2) is 54.1 Å². The number of hydrogen-bond donors (Lipinski definition) is 1. The molecule has 27 heavy (non-hydrogen) atoms. The quantitative estimate of drug-likeness (QED) is 0.756. The lowest BCUT2D eigenvalue weighted by atomic mass is 10.2. The van der Waals surface area contributed by atoms with Crippen molar-refractivity contribution >= 4 is 27.3 Å². The molecule has 0 aliphatic carbocycles. The maximum absolute atomic E-state index is 12.9. The van der Waals surface area contributed by atoms with E-state index in [1.807, 2.05) is 18.2 Å². The summed E-state index contributed by atoms with van der Waals surface area (Å²) in [6.45, 7) is 5.28. The van der Waals surface area contributed by atoms with E-state index >= 15 is 0 Å². The maximum Gasteiger partial charge on any atom is 0.262 e. The van der Waals surface area contributed by atoms with Crippen LogP contribution in [0.15, 0.2) is 41.8 Å². The molecule has 0 spiro atoms. The molecule has 2 heterocycles. The zero-order chi connectivity index (χ0) is 19.6. The van der Waals surface area contributed by atoms with Crippen LogP contribution in [0.25, 0.3) is 0 Å². The Morgan fingerprint density at radius 3 is 2.78 bits per heavy atom. The Labute approximate surface area is 165 Å². The fourth-order valence-corrected chi connectivity index (χ4v) is 4.64. The third-order valence-electron chi connectivity index (χ3n) is 4.34. The summed E-state index contributed by atoms with van der Waals surface area (Å²) in [4.78, 5) is 4.01. The Morgan fingerprint density at radius 2 is 2.15 bits per heavy atom. The van der Waals surface area contributed by atoms with Gasteiger partial charge in [-0.1, -0.05) is 31.5 Å². The molecule has 0 radical (unpaired) electrons. The van der Waals surface area contributed by atoms with Crippen molar-refractivity contribution in [2.45, 2.75) is 31.0 Å². The molecule has 3 rings (SSSR count). The second-order valence-corrected chi connectivity index (χ2v) is 9.55. The maximum atomic E-state index is 12.9. The van der Waals surface area contributed by atoms with E-state index < -0.39 is 10.0 Å². The van der Waals surface area contributed by atoms with E-state index in [0.717, 1.165) is 5.69 Å². The fraction of sp³-hybridized carbons (Fsp3) is 0.500. The SMILES string of the molecule is CC(C)CO[C@@H]1CN(S(=O)(=O)c2cn(C)cn2)C[C@H]1Nc1cccc(Cl)c1. The summed E-state index contributed by atoms with van der Waals surface area (Å²) in [5.41, 5.74) is 0.836. The first-order valence-electron chi connectivity index (χ1n) is 8.87. The van der Waals surface area contributed by atoms with Gasteiger partial charge in [-0.05, 0) is 24.1 Å². The van der Waals surface area contributed by atoms with Gasteiger partial charge in [-0.2, -0.15) is 4.31 Å². The average Bonchev–Trinajstić information content (AvgIpc) is 3.20. The molecule has 9 heteroatoms. The van der Waals surface area contributed by atoms with Crippen LogP contribution in [0.4, 0.5) is 5.69 Å². The van der Waals surface area contributed by atoms with Gasteiger partial charge in [0.1, 0.15) is 0 Å². The Balaban J connectivity index is 1.80. The van der Waals surface area contributed by atoms with E-state index in [2.05, 4.69) is 24.1 Å². The third kappa shape index (κ3) is 4.82. The standard InChI is InChI=1S/C18H25ClN4O3S/c1-13(2)11-26-17-9-23(27(24,25)18-10-22(3)12-20-18)8-16(17)21-15-6-4-5-14(19)7-15/h4-7,10,12-13,16-17,21H,8-9,11H2,1-3H3/t16-,17-/m1/s1. The minimum atomic E-state index is -3.67. The Kier molecular flexibility index (Phi) is 6.10. The number of aryl methyl sites for hydroxylation is 1. The molecular formula is C18H25ClN4O3S. The van der Waals surface area contributed by atoms with Crippen molar-refractivity contribution in [2.75, 3.05) is 25.0 Å². The highest BCUT2D eigenvalue weighted by atomic mass is 35.5. The molecule has 148 valence electrons. The first kappa shape index (κ1) is 20.1. The molecule has 1 aliphatic rings. The molecule has 1 N–H and O–H groups in total. The molecule has 1 aromatic carbocycles. The minimum Gasteiger partial charge on any atom is -0.378 e. The first-order chi connectivity index (χ1) is 12.8. The van der Waals surface area contributed by atoms with Gasteiger partial charge in [0.25, 0.3) is 10.0 Å². The third-order valence-corrected chi connectivity index (χ3v) is 6.29. The lowest BCUT2D eigenvalue weighted by Gasteiger charge is -2.22. The summed E-state index contributed by atoms with van der Waals surface area (Å²) in [5.74, 6) is 0.360. The van der Waals surface area contributed by atoms with Gasteiger partial charge in [0.05, 0.1) is 18.5 Å². The van der Waals surface area contributed by atoms with Gasteiger partial charge in [-0.25, -0.2) is 13.4 Å². The zero-order valence-corrected chi connectivity index (χ0v) is 17.2. The minimum absolute atomic E-state index is 0.0519. The number of benzene rings is 1. The van der Waals surface area contributed by atoms with E-state index in [4.69, 9.17) is 16.3 Å². The smallest absolute Gasteiger partial charge is 0.262 e. The summed E-state index contributed by atoms with van der Waals surface area (Å²) < 4.78 is 34.9. The van der Waals surface area contributed by atoms with Crippen LogP contribution in [-0.2, 0) is 21.8 Å². The van der Waals surface area contributed by atoms with E-state index in [1.165, 1.54) is 16.8 Å². The number of hydrogen-bond acceptors (Lipinski definition) is 5. The largest absolute Gasteiger partial charge is 0.378 e. The van der Waals surface area contributed by atoms with Crippen LogP contribution in [0, 0.1) is 5.92 Å². The summed E-state index contributed by atoms with van der Waals surface area (Å²) in [7, 11) is -1.92. The van der Waals surface area contributed by atoms with E-state index in [9.17, 15) is 8.42 Å². The average molecular weight is 413 g/mol. The lowest BCUT2D eigenvalue weighted by Crippen LogP contribution is -2.35. The number of aromatic nitrogens is 2. The van der Waals surface area contributed by atoms with Crippen LogP contribution in [0.3, 0.4) is 0 Å². The monoisotopic (exact) mass is 412 g/mol. The Hall–Kier alpha value is -1.61. The highest BCUT2D eigenvalue weighted by Gasteiger charge is 2.41. The van der Waals surface area contributed by atoms with Crippen molar-refractivity contribution < 1.29 is 13.2 Å². The number of nitrogens with one attached hydrogen (secondary N) is 1. The van der Waals surface area contributed by atoms with Gasteiger partial charge in [-0.15, -0.1) is 0 Å². The zero-order valence-electron chi connectivity index (χ0n) is 15.7. The molecule has 2 aromatic rings. The van der Waals surface area contributed by atoms with Crippen molar-refractivity contribution in [3.05, 3.63) is 41.8 Å². The molecule has 1 saturated heterocycles. The van der Waals surface area contributed by atoms with Crippen molar-refractivity contribution in [3.8, 4) is 0 Å². The summed E-state index contributed by atoms with van der Waals surface area (Å²) in [5, 5.41) is 4.05. The predicted octanol–water partition coefficient (Wildman–Crippen LogP) is 2.60. The molecular weight excluding hydrogens is 388 g/mol. The second-order valence-electron chi connectivity index (χ2n) is 7.23. The van der Waals surface area contributed by atoms with Gasteiger partial charge in [-0.3, -0.25) is 0 Å². The number of ether oxygens (including phenoxy) is 1. The highest BCUT2D eigenvalue weighted by molar-refractivity contribution is 7.89. The van der Waals surface area contributed by atoms with Crippen molar-refractivity contribution in [2.24, 2.45) is 13.0 Å². The van der Waals surface area contributed by atoms with Gasteiger partial charge in [0, 0.05) is 43.7 Å². The number of sulfonamides is 1. The van der Waals surface area contributed by atoms with Crippen LogP contribution >= 0.6 is 11.6 Å². The van der Waals surface area contributed by atoms with E-state index in [1.54, 1.807) is 17.7 Å². The van der Waals surface area contributed by atoms with Crippen molar-refractivity contribution in [1.29, 1.82) is 0 Å². The lowest BCUT2D eigenvalue weighted by molar-refractivity contribution is 0.0404. The molecule has 0 amide bonds. The number of halogens is 1. The normalized spacial score (nSPS) is 21.1. The molecule has 0 unspecified atom stereocenters. The Bertz CT molecular complexity index is 884. The van der Waals surface area contributed by atoms with Gasteiger partial charge >= 0.3 is 0 Å². The van der Waals surface area contributed by atoms with Crippen molar-refractivity contribution in [3.63, 3.8) is 0 Å². The van der Waals surface area contributed by atoms with Crippen LogP contribution in [0.2, 0.25) is 5.02 Å². The number of nitrogens with zero attached hydrogens (tertiary/aromatic N) is 3. The Morgan fingerprint density at radius 1 is 1.37 bits per heavy atom. The second kappa shape index (κ2) is 8.18. The molecule has 1 aromatic heterocycles. The van der Waals surface area contributed by atoms with Gasteiger partial charge < -0.3 is 14.6 Å². The van der Waals surface area contributed by atoms with Crippen LogP contribution < -0.4 is 5.32 Å². The molecule has 2 atom stereocenters.